The number of hydrogen-bond donors (Lipinski definition) is 2. The van der Waals surface area contributed by atoms with Gasteiger partial charge in [-0.2, -0.15) is 0 Å². The van der Waals surface area contributed by atoms with E-state index in [0.717, 1.165) is 5.56 Å². The largest absolute Gasteiger partial charge is 0.480 e. The van der Waals surface area contributed by atoms with Gasteiger partial charge in [0.15, 0.2) is 6.10 Å². The Bertz CT molecular complexity index is 687. The van der Waals surface area contributed by atoms with Crippen molar-refractivity contribution in [3.05, 3.63) is 58.6 Å². The molecule has 5 heteroatoms. The van der Waals surface area contributed by atoms with Gasteiger partial charge in [0.1, 0.15) is 5.75 Å². The summed E-state index contributed by atoms with van der Waals surface area (Å²) in [6.07, 6.45) is -0.0894. The van der Waals surface area contributed by atoms with Crippen LogP contribution in [0.1, 0.15) is 11.1 Å². The first-order valence-electron chi connectivity index (χ1n) is 6.62. The number of nitrogens with one attached hydrogen (secondary N) is 1. The summed E-state index contributed by atoms with van der Waals surface area (Å²) in [6, 6.07) is 12.5. The number of carbonyl (C=O) groups excluding carboxylic acids is 1. The Morgan fingerprint density at radius 2 is 2.14 bits per heavy atom. The van der Waals surface area contributed by atoms with Gasteiger partial charge in [0, 0.05) is 22.7 Å². The summed E-state index contributed by atoms with van der Waals surface area (Å²) in [5, 5.41) is 12.7. The van der Waals surface area contributed by atoms with Crippen LogP contribution in [0.4, 0.5) is 5.69 Å². The number of benzene rings is 2. The van der Waals surface area contributed by atoms with Crippen LogP contribution in [0.2, 0.25) is 5.02 Å². The zero-order valence-corrected chi connectivity index (χ0v) is 11.9. The first-order valence-corrected chi connectivity index (χ1v) is 7.00. The van der Waals surface area contributed by atoms with E-state index in [4.69, 9.17) is 16.3 Å². The summed E-state index contributed by atoms with van der Waals surface area (Å²) in [7, 11) is 0. The molecule has 0 aliphatic carbocycles. The molecule has 0 saturated carbocycles. The van der Waals surface area contributed by atoms with Crippen molar-refractivity contribution in [2.24, 2.45) is 0 Å². The van der Waals surface area contributed by atoms with E-state index in [9.17, 15) is 9.90 Å². The van der Waals surface area contributed by atoms with Crippen LogP contribution in [0.5, 0.6) is 5.75 Å². The van der Waals surface area contributed by atoms with Gasteiger partial charge in [-0.25, -0.2) is 0 Å². The molecule has 108 valence electrons. The van der Waals surface area contributed by atoms with E-state index in [-0.39, 0.29) is 12.5 Å². The lowest BCUT2D eigenvalue weighted by Crippen LogP contribution is -2.31. The quantitative estimate of drug-likeness (QED) is 0.916. The number of para-hydroxylation sites is 1. The number of aliphatic hydroxyl groups excluding tert-OH is 1. The van der Waals surface area contributed by atoms with Crippen molar-refractivity contribution >= 4 is 23.2 Å². The van der Waals surface area contributed by atoms with Crippen molar-refractivity contribution in [1.82, 2.24) is 0 Å². The fourth-order valence-corrected chi connectivity index (χ4v) is 2.55. The molecule has 0 fully saturated rings. The molecule has 0 bridgehead atoms. The molecule has 21 heavy (non-hydrogen) atoms. The second kappa shape index (κ2) is 5.76. The summed E-state index contributed by atoms with van der Waals surface area (Å²) < 4.78 is 5.64. The average molecular weight is 304 g/mol. The molecule has 0 radical (unpaired) electrons. The van der Waals surface area contributed by atoms with Gasteiger partial charge in [0.25, 0.3) is 5.91 Å². The molecule has 2 aromatic carbocycles. The monoisotopic (exact) mass is 303 g/mol. The van der Waals surface area contributed by atoms with Gasteiger partial charge in [-0.3, -0.25) is 4.79 Å². The van der Waals surface area contributed by atoms with E-state index in [1.54, 1.807) is 30.3 Å². The molecular formula is C16H14ClNO3. The Labute approximate surface area is 127 Å². The van der Waals surface area contributed by atoms with E-state index in [2.05, 4.69) is 5.32 Å². The molecule has 2 aromatic rings. The second-order valence-corrected chi connectivity index (χ2v) is 5.30. The van der Waals surface area contributed by atoms with E-state index in [1.165, 1.54) is 0 Å². The topological polar surface area (TPSA) is 58.6 Å². The zero-order chi connectivity index (χ0) is 14.8. The first-order chi connectivity index (χ1) is 10.2. The van der Waals surface area contributed by atoms with Gasteiger partial charge < -0.3 is 15.2 Å². The lowest BCUT2D eigenvalue weighted by molar-refractivity contribution is -0.122. The van der Waals surface area contributed by atoms with Crippen molar-refractivity contribution in [2.75, 3.05) is 5.32 Å². The number of amides is 1. The molecule has 1 aliphatic heterocycles. The van der Waals surface area contributed by atoms with Gasteiger partial charge in [0.05, 0.1) is 6.61 Å². The Morgan fingerprint density at radius 3 is 2.95 bits per heavy atom. The maximum Gasteiger partial charge on any atom is 0.265 e. The number of anilines is 1. The molecule has 3 rings (SSSR count). The minimum atomic E-state index is -0.579. The van der Waals surface area contributed by atoms with Crippen molar-refractivity contribution < 1.29 is 14.6 Å². The van der Waals surface area contributed by atoms with Gasteiger partial charge in [-0.05, 0) is 29.8 Å². The zero-order valence-electron chi connectivity index (χ0n) is 11.2. The molecule has 1 amide bonds. The van der Waals surface area contributed by atoms with Crippen molar-refractivity contribution in [2.45, 2.75) is 19.1 Å². The molecule has 1 heterocycles. The highest BCUT2D eigenvalue weighted by Crippen LogP contribution is 2.31. The van der Waals surface area contributed by atoms with E-state index >= 15 is 0 Å². The highest BCUT2D eigenvalue weighted by atomic mass is 35.5. The predicted octanol–water partition coefficient (Wildman–Crippen LogP) is 2.77. The summed E-state index contributed by atoms with van der Waals surface area (Å²) in [6.45, 7) is -0.127. The maximum absolute atomic E-state index is 12.3. The van der Waals surface area contributed by atoms with Crippen LogP contribution in [0.25, 0.3) is 0 Å². The van der Waals surface area contributed by atoms with E-state index in [1.807, 2.05) is 12.1 Å². The van der Waals surface area contributed by atoms with Gasteiger partial charge >= 0.3 is 0 Å². The van der Waals surface area contributed by atoms with Crippen LogP contribution < -0.4 is 10.1 Å². The standard InChI is InChI=1S/C16H14ClNO3/c17-12-5-6-14-11(7-12)8-15(21-14)16(20)18-13-4-2-1-3-10(13)9-19/h1-7,15,19H,8-9H2,(H,18,20). The lowest BCUT2D eigenvalue weighted by Gasteiger charge is -2.13. The number of carbonyl (C=O) groups is 1. The van der Waals surface area contributed by atoms with Crippen molar-refractivity contribution in [1.29, 1.82) is 0 Å². The predicted molar refractivity (Wildman–Crippen MR) is 80.6 cm³/mol. The van der Waals surface area contributed by atoms with Crippen LogP contribution in [0.3, 0.4) is 0 Å². The highest BCUT2D eigenvalue weighted by Gasteiger charge is 2.29. The third-order valence-corrected chi connectivity index (χ3v) is 3.67. The maximum atomic E-state index is 12.3. The van der Waals surface area contributed by atoms with E-state index in [0.29, 0.717) is 28.4 Å². The van der Waals surface area contributed by atoms with Crippen LogP contribution in [0.15, 0.2) is 42.5 Å². The molecule has 0 aromatic heterocycles. The molecule has 0 spiro atoms. The molecule has 2 N–H and O–H groups in total. The minimum Gasteiger partial charge on any atom is -0.480 e. The number of halogens is 1. The Balaban J connectivity index is 1.73. The fourth-order valence-electron chi connectivity index (χ4n) is 2.36. The van der Waals surface area contributed by atoms with Crippen LogP contribution in [-0.2, 0) is 17.8 Å². The van der Waals surface area contributed by atoms with Crippen molar-refractivity contribution in [3.63, 3.8) is 0 Å². The molecule has 0 saturated heterocycles. The summed E-state index contributed by atoms with van der Waals surface area (Å²) >= 11 is 5.94. The highest BCUT2D eigenvalue weighted by molar-refractivity contribution is 6.30. The Hall–Kier alpha value is -2.04. The van der Waals surface area contributed by atoms with Crippen LogP contribution >= 0.6 is 11.6 Å². The first kappa shape index (κ1) is 13.9. The number of ether oxygens (including phenoxy) is 1. The fraction of sp³-hybridized carbons (Fsp3) is 0.188. The Morgan fingerprint density at radius 1 is 1.33 bits per heavy atom. The van der Waals surface area contributed by atoms with E-state index < -0.39 is 6.10 Å². The third-order valence-electron chi connectivity index (χ3n) is 3.44. The minimum absolute atomic E-state index is 0.127. The number of fused-ring (bicyclic) bond motifs is 1. The van der Waals surface area contributed by atoms with Crippen LogP contribution in [0, 0.1) is 0 Å². The normalized spacial score (nSPS) is 16.2. The lowest BCUT2D eigenvalue weighted by atomic mass is 10.1. The van der Waals surface area contributed by atoms with Gasteiger partial charge in [-0.15, -0.1) is 0 Å². The number of aliphatic hydroxyl groups is 1. The SMILES string of the molecule is O=C(Nc1ccccc1CO)C1Cc2cc(Cl)ccc2O1. The number of rotatable bonds is 3. The Kier molecular flexibility index (Phi) is 3.82. The van der Waals surface area contributed by atoms with Gasteiger partial charge in [-0.1, -0.05) is 29.8 Å². The second-order valence-electron chi connectivity index (χ2n) is 4.87. The average Bonchev–Trinajstić information content (AvgIpc) is 2.91. The summed E-state index contributed by atoms with van der Waals surface area (Å²) in [5.74, 6) is 0.457. The van der Waals surface area contributed by atoms with Gasteiger partial charge in [0.2, 0.25) is 0 Å². The third kappa shape index (κ3) is 2.86. The molecule has 4 nitrogen and oxygen atoms in total. The smallest absolute Gasteiger partial charge is 0.265 e. The molecule has 1 unspecified atom stereocenters. The molecular weight excluding hydrogens is 290 g/mol. The summed E-state index contributed by atoms with van der Waals surface area (Å²) in [5.41, 5.74) is 2.20. The molecule has 1 atom stereocenters. The number of hydrogen-bond acceptors (Lipinski definition) is 3. The molecule has 1 aliphatic rings. The van der Waals surface area contributed by atoms with Crippen LogP contribution in [-0.4, -0.2) is 17.1 Å². The van der Waals surface area contributed by atoms with Crippen molar-refractivity contribution in [3.8, 4) is 5.75 Å². The summed E-state index contributed by atoms with van der Waals surface area (Å²) in [4.78, 5) is 12.3.